The summed E-state index contributed by atoms with van der Waals surface area (Å²) in [5, 5.41) is 11.4. The van der Waals surface area contributed by atoms with E-state index >= 15 is 0 Å². The molecule has 0 amide bonds. The fourth-order valence-corrected chi connectivity index (χ4v) is 6.13. The SMILES string of the molecule is CCn1c2ccccc2c2cc(CN3CCc4nnc([C@H](NS(C)(=O)=O)C(C)C)n4CC3)ccc21. The molecular formula is C26H34N6O2S. The molecule has 9 heteroatoms. The normalized spacial score (nSPS) is 16.1. The zero-order valence-electron chi connectivity index (χ0n) is 20.9. The molecule has 1 N–H and O–H groups in total. The quantitative estimate of drug-likeness (QED) is 0.423. The molecule has 5 rings (SSSR count). The molecule has 0 aliphatic carbocycles. The van der Waals surface area contributed by atoms with Crippen LogP contribution in [0.4, 0.5) is 0 Å². The van der Waals surface area contributed by atoms with E-state index in [9.17, 15) is 8.42 Å². The van der Waals surface area contributed by atoms with Gasteiger partial charge in [0.05, 0.1) is 12.3 Å². The predicted octanol–water partition coefficient (Wildman–Crippen LogP) is 3.71. The number of benzene rings is 2. The standard InChI is InChI=1S/C26H34N6O2S/c1-5-31-22-9-7-6-8-20(22)21-16-19(10-11-23(21)31)17-30-13-12-24-27-28-26(32(24)15-14-30)25(18(2)3)29-35(4,33)34/h6-11,16,18,25,29H,5,12-15,17H2,1-4H3/t25-/m1/s1. The van der Waals surface area contributed by atoms with Gasteiger partial charge < -0.3 is 9.13 Å². The Kier molecular flexibility index (Phi) is 6.41. The first-order valence-corrected chi connectivity index (χ1v) is 14.3. The van der Waals surface area contributed by atoms with Crippen molar-refractivity contribution >= 4 is 31.8 Å². The van der Waals surface area contributed by atoms with E-state index in [0.29, 0.717) is 5.82 Å². The highest BCUT2D eigenvalue weighted by Crippen LogP contribution is 2.30. The van der Waals surface area contributed by atoms with Gasteiger partial charge in [-0.2, -0.15) is 0 Å². The van der Waals surface area contributed by atoms with Gasteiger partial charge in [0.25, 0.3) is 0 Å². The number of fused-ring (bicyclic) bond motifs is 4. The van der Waals surface area contributed by atoms with Crippen LogP contribution in [0.3, 0.4) is 0 Å². The minimum absolute atomic E-state index is 0.0642. The summed E-state index contributed by atoms with van der Waals surface area (Å²) < 4.78 is 31.1. The third-order valence-electron chi connectivity index (χ3n) is 6.99. The van der Waals surface area contributed by atoms with E-state index in [1.165, 1.54) is 33.6 Å². The highest BCUT2D eigenvalue weighted by Gasteiger charge is 2.28. The number of hydrogen-bond acceptors (Lipinski definition) is 5. The van der Waals surface area contributed by atoms with Gasteiger partial charge >= 0.3 is 0 Å². The third-order valence-corrected chi connectivity index (χ3v) is 7.67. The van der Waals surface area contributed by atoms with E-state index in [4.69, 9.17) is 0 Å². The number of aryl methyl sites for hydroxylation is 1. The summed E-state index contributed by atoms with van der Waals surface area (Å²) in [6.07, 6.45) is 1.98. The summed E-state index contributed by atoms with van der Waals surface area (Å²) in [6.45, 7) is 10.5. The third kappa shape index (κ3) is 4.72. The van der Waals surface area contributed by atoms with E-state index in [1.807, 2.05) is 13.8 Å². The van der Waals surface area contributed by atoms with Crippen molar-refractivity contribution in [3.8, 4) is 0 Å². The van der Waals surface area contributed by atoms with Crippen LogP contribution in [0.1, 0.15) is 44.0 Å². The molecule has 0 saturated carbocycles. The van der Waals surface area contributed by atoms with Crippen LogP contribution in [0, 0.1) is 5.92 Å². The molecule has 186 valence electrons. The Bertz CT molecular complexity index is 1470. The van der Waals surface area contributed by atoms with Gasteiger partial charge in [0, 0.05) is 61.0 Å². The van der Waals surface area contributed by atoms with Crippen molar-refractivity contribution in [1.29, 1.82) is 0 Å². The Morgan fingerprint density at radius 1 is 1.00 bits per heavy atom. The maximum Gasteiger partial charge on any atom is 0.209 e. The average molecular weight is 495 g/mol. The first-order valence-electron chi connectivity index (χ1n) is 12.4. The Balaban J connectivity index is 1.37. The van der Waals surface area contributed by atoms with Crippen molar-refractivity contribution in [2.24, 2.45) is 5.92 Å². The Labute approximate surface area is 207 Å². The second-order valence-corrected chi connectivity index (χ2v) is 11.7. The molecule has 0 spiro atoms. The van der Waals surface area contributed by atoms with Gasteiger partial charge in [-0.25, -0.2) is 13.1 Å². The Morgan fingerprint density at radius 2 is 1.77 bits per heavy atom. The van der Waals surface area contributed by atoms with E-state index in [-0.39, 0.29) is 5.92 Å². The molecule has 0 radical (unpaired) electrons. The molecule has 0 saturated heterocycles. The second kappa shape index (κ2) is 9.37. The number of para-hydroxylation sites is 1. The molecule has 3 heterocycles. The number of nitrogens with zero attached hydrogens (tertiary/aromatic N) is 5. The molecule has 2 aromatic carbocycles. The number of rotatable bonds is 7. The number of aromatic nitrogens is 4. The van der Waals surface area contributed by atoms with E-state index in [1.54, 1.807) is 0 Å². The van der Waals surface area contributed by atoms with Gasteiger partial charge in [0.15, 0.2) is 5.82 Å². The minimum Gasteiger partial charge on any atom is -0.341 e. The number of hydrogen-bond donors (Lipinski definition) is 1. The topological polar surface area (TPSA) is 85.1 Å². The first kappa shape index (κ1) is 24.0. The fraction of sp³-hybridized carbons (Fsp3) is 0.462. The molecule has 0 unspecified atom stereocenters. The van der Waals surface area contributed by atoms with Gasteiger partial charge in [-0.05, 0) is 36.6 Å². The summed E-state index contributed by atoms with van der Waals surface area (Å²) >= 11 is 0. The lowest BCUT2D eigenvalue weighted by Crippen LogP contribution is -2.33. The molecule has 1 aliphatic rings. The average Bonchev–Trinajstić information content (AvgIpc) is 3.29. The van der Waals surface area contributed by atoms with Crippen LogP contribution in [0.25, 0.3) is 21.8 Å². The minimum atomic E-state index is -3.36. The van der Waals surface area contributed by atoms with E-state index in [0.717, 1.165) is 45.0 Å². The van der Waals surface area contributed by atoms with Gasteiger partial charge in [0.1, 0.15) is 5.82 Å². The fourth-order valence-electron chi connectivity index (χ4n) is 5.29. The van der Waals surface area contributed by atoms with Crippen molar-refractivity contribution in [2.75, 3.05) is 19.3 Å². The smallest absolute Gasteiger partial charge is 0.209 e. The zero-order valence-corrected chi connectivity index (χ0v) is 21.7. The molecule has 0 fully saturated rings. The number of sulfonamides is 1. The van der Waals surface area contributed by atoms with E-state index in [2.05, 4.69) is 78.3 Å². The van der Waals surface area contributed by atoms with E-state index < -0.39 is 16.1 Å². The lowest BCUT2D eigenvalue weighted by molar-refractivity contribution is 0.269. The van der Waals surface area contributed by atoms with Crippen LogP contribution >= 0.6 is 0 Å². The van der Waals surface area contributed by atoms with Crippen LogP contribution in [0.5, 0.6) is 0 Å². The second-order valence-electron chi connectivity index (χ2n) is 9.88. The van der Waals surface area contributed by atoms with Crippen LogP contribution in [-0.2, 0) is 36.1 Å². The largest absolute Gasteiger partial charge is 0.341 e. The van der Waals surface area contributed by atoms with Crippen molar-refractivity contribution < 1.29 is 8.42 Å². The molecule has 8 nitrogen and oxygen atoms in total. The summed E-state index contributed by atoms with van der Waals surface area (Å²) in [6, 6.07) is 15.1. The Hall–Kier alpha value is -2.75. The summed E-state index contributed by atoms with van der Waals surface area (Å²) in [7, 11) is -3.36. The van der Waals surface area contributed by atoms with Crippen molar-refractivity contribution in [2.45, 2.75) is 52.9 Å². The van der Waals surface area contributed by atoms with Gasteiger partial charge in [-0.15, -0.1) is 10.2 Å². The molecule has 0 bridgehead atoms. The van der Waals surface area contributed by atoms with Crippen molar-refractivity contribution in [1.82, 2.24) is 29.0 Å². The van der Waals surface area contributed by atoms with Crippen LogP contribution in [0.15, 0.2) is 42.5 Å². The van der Waals surface area contributed by atoms with Gasteiger partial charge in [0.2, 0.25) is 10.0 Å². The lowest BCUT2D eigenvalue weighted by atomic mass is 10.1. The number of nitrogens with one attached hydrogen (secondary N) is 1. The van der Waals surface area contributed by atoms with Gasteiger partial charge in [-0.3, -0.25) is 4.90 Å². The lowest BCUT2D eigenvalue weighted by Gasteiger charge is -2.22. The van der Waals surface area contributed by atoms with Gasteiger partial charge in [-0.1, -0.05) is 38.1 Å². The molecule has 2 aromatic heterocycles. The summed E-state index contributed by atoms with van der Waals surface area (Å²) in [5.41, 5.74) is 3.86. The highest BCUT2D eigenvalue weighted by molar-refractivity contribution is 7.88. The first-order chi connectivity index (χ1) is 16.7. The van der Waals surface area contributed by atoms with Crippen molar-refractivity contribution in [3.05, 3.63) is 59.7 Å². The molecule has 4 aromatic rings. The van der Waals surface area contributed by atoms with Crippen molar-refractivity contribution in [3.63, 3.8) is 0 Å². The zero-order chi connectivity index (χ0) is 24.7. The monoisotopic (exact) mass is 494 g/mol. The highest BCUT2D eigenvalue weighted by atomic mass is 32.2. The summed E-state index contributed by atoms with van der Waals surface area (Å²) in [4.78, 5) is 2.45. The molecule has 35 heavy (non-hydrogen) atoms. The maximum absolute atomic E-state index is 11.9. The van der Waals surface area contributed by atoms with Crippen LogP contribution in [-0.4, -0.2) is 52.0 Å². The summed E-state index contributed by atoms with van der Waals surface area (Å²) in [5.74, 6) is 1.69. The van der Waals surface area contributed by atoms with Crippen LogP contribution < -0.4 is 4.72 Å². The maximum atomic E-state index is 11.9. The predicted molar refractivity (Wildman–Crippen MR) is 140 cm³/mol. The Morgan fingerprint density at radius 3 is 2.51 bits per heavy atom. The molecule has 1 aliphatic heterocycles. The molecule has 1 atom stereocenters. The van der Waals surface area contributed by atoms with Crippen LogP contribution in [0.2, 0.25) is 0 Å². The molecular weight excluding hydrogens is 460 g/mol.